The molecule has 0 saturated carbocycles. The molecule has 1 aromatic rings. The van der Waals surface area contributed by atoms with E-state index in [1.165, 1.54) is 4.90 Å². The van der Waals surface area contributed by atoms with Gasteiger partial charge in [0.1, 0.15) is 6.54 Å². The highest BCUT2D eigenvalue weighted by Gasteiger charge is 2.10. The van der Waals surface area contributed by atoms with Gasteiger partial charge in [-0.05, 0) is 26.0 Å². The van der Waals surface area contributed by atoms with E-state index in [1.807, 2.05) is 44.2 Å². The molecule has 0 bridgehead atoms. The number of anilines is 1. The zero-order chi connectivity index (χ0) is 12.0. The summed E-state index contributed by atoms with van der Waals surface area (Å²) in [5, 5.41) is 11.3. The lowest BCUT2D eigenvalue weighted by atomic mass is 10.2. The molecular formula is C12H15N3O. The van der Waals surface area contributed by atoms with Crippen LogP contribution in [0.4, 0.5) is 10.5 Å². The van der Waals surface area contributed by atoms with E-state index in [0.717, 1.165) is 11.3 Å². The monoisotopic (exact) mass is 217 g/mol. The summed E-state index contributed by atoms with van der Waals surface area (Å²) in [6.07, 6.45) is 0. The fourth-order valence-corrected chi connectivity index (χ4v) is 1.25. The van der Waals surface area contributed by atoms with E-state index >= 15 is 0 Å². The molecule has 2 amide bonds. The Balaban J connectivity index is 2.63. The zero-order valence-corrected chi connectivity index (χ0v) is 9.53. The highest BCUT2D eigenvalue weighted by Crippen LogP contribution is 2.09. The number of carbonyl (C=O) groups is 1. The van der Waals surface area contributed by atoms with Crippen LogP contribution in [-0.2, 0) is 0 Å². The van der Waals surface area contributed by atoms with Gasteiger partial charge in [0, 0.05) is 12.2 Å². The number of nitrogens with one attached hydrogen (secondary N) is 1. The second kappa shape index (κ2) is 5.76. The summed E-state index contributed by atoms with van der Waals surface area (Å²) in [4.78, 5) is 13.1. The molecular weight excluding hydrogens is 202 g/mol. The first-order valence-corrected chi connectivity index (χ1v) is 5.17. The van der Waals surface area contributed by atoms with E-state index in [2.05, 4.69) is 5.32 Å². The molecule has 4 nitrogen and oxygen atoms in total. The van der Waals surface area contributed by atoms with Crippen molar-refractivity contribution in [1.29, 1.82) is 5.26 Å². The molecule has 0 fully saturated rings. The minimum Gasteiger partial charge on any atom is -0.311 e. The van der Waals surface area contributed by atoms with Crippen molar-refractivity contribution in [2.24, 2.45) is 0 Å². The smallest absolute Gasteiger partial charge is 0.311 e. The summed E-state index contributed by atoms with van der Waals surface area (Å²) in [5.41, 5.74) is 1.88. The van der Waals surface area contributed by atoms with E-state index in [4.69, 9.17) is 5.26 Å². The van der Waals surface area contributed by atoms with E-state index < -0.39 is 0 Å². The van der Waals surface area contributed by atoms with Crippen molar-refractivity contribution in [2.75, 3.05) is 18.4 Å². The maximum absolute atomic E-state index is 11.7. The van der Waals surface area contributed by atoms with Gasteiger partial charge < -0.3 is 10.2 Å². The van der Waals surface area contributed by atoms with Gasteiger partial charge in [0.25, 0.3) is 0 Å². The van der Waals surface area contributed by atoms with Crippen LogP contribution >= 0.6 is 0 Å². The maximum Gasteiger partial charge on any atom is 0.322 e. The van der Waals surface area contributed by atoms with Crippen LogP contribution in [0.15, 0.2) is 24.3 Å². The van der Waals surface area contributed by atoms with Gasteiger partial charge in [-0.25, -0.2) is 4.79 Å². The maximum atomic E-state index is 11.7. The molecule has 0 aromatic heterocycles. The molecule has 0 unspecified atom stereocenters. The van der Waals surface area contributed by atoms with Gasteiger partial charge in [-0.15, -0.1) is 0 Å². The van der Waals surface area contributed by atoms with Crippen molar-refractivity contribution in [2.45, 2.75) is 13.8 Å². The summed E-state index contributed by atoms with van der Waals surface area (Å²) in [6.45, 7) is 4.45. The number of hydrogen-bond donors (Lipinski definition) is 1. The van der Waals surface area contributed by atoms with E-state index in [-0.39, 0.29) is 12.6 Å². The average molecular weight is 217 g/mol. The summed E-state index contributed by atoms with van der Waals surface area (Å²) >= 11 is 0. The third-order valence-electron chi connectivity index (χ3n) is 2.23. The van der Waals surface area contributed by atoms with Crippen molar-refractivity contribution in [3.63, 3.8) is 0 Å². The van der Waals surface area contributed by atoms with Crippen LogP contribution in [0.2, 0.25) is 0 Å². The Morgan fingerprint density at radius 1 is 1.44 bits per heavy atom. The Hall–Kier alpha value is -2.02. The van der Waals surface area contributed by atoms with Gasteiger partial charge >= 0.3 is 6.03 Å². The number of rotatable bonds is 3. The van der Waals surface area contributed by atoms with E-state index in [0.29, 0.717) is 6.54 Å². The molecule has 0 saturated heterocycles. The zero-order valence-electron chi connectivity index (χ0n) is 9.53. The first kappa shape index (κ1) is 12.1. The quantitative estimate of drug-likeness (QED) is 0.790. The standard InChI is InChI=1S/C12H15N3O/c1-3-15(9-8-13)12(16)14-11-6-4-10(2)5-7-11/h4-7H,3,9H2,1-2H3,(H,14,16). The van der Waals surface area contributed by atoms with Crippen LogP contribution in [0.25, 0.3) is 0 Å². The normalized spacial score (nSPS) is 9.31. The molecule has 0 aliphatic rings. The molecule has 84 valence electrons. The Labute approximate surface area is 95.5 Å². The molecule has 1 rings (SSSR count). The van der Waals surface area contributed by atoms with Crippen molar-refractivity contribution in [3.8, 4) is 6.07 Å². The van der Waals surface area contributed by atoms with E-state index in [9.17, 15) is 4.79 Å². The van der Waals surface area contributed by atoms with Gasteiger partial charge in [-0.2, -0.15) is 5.26 Å². The van der Waals surface area contributed by atoms with E-state index in [1.54, 1.807) is 0 Å². The van der Waals surface area contributed by atoms with Gasteiger partial charge in [-0.3, -0.25) is 0 Å². The lowest BCUT2D eigenvalue weighted by Gasteiger charge is -2.17. The van der Waals surface area contributed by atoms with Crippen LogP contribution in [0.5, 0.6) is 0 Å². The fraction of sp³-hybridized carbons (Fsp3) is 0.333. The summed E-state index contributed by atoms with van der Waals surface area (Å²) in [6, 6.07) is 9.25. The van der Waals surface area contributed by atoms with Gasteiger partial charge in [-0.1, -0.05) is 17.7 Å². The Bertz CT molecular complexity index is 392. The van der Waals surface area contributed by atoms with Gasteiger partial charge in [0.05, 0.1) is 6.07 Å². The summed E-state index contributed by atoms with van der Waals surface area (Å²) in [5.74, 6) is 0. The molecule has 0 aliphatic heterocycles. The molecule has 0 aliphatic carbocycles. The molecule has 0 spiro atoms. The largest absolute Gasteiger partial charge is 0.322 e. The summed E-state index contributed by atoms with van der Waals surface area (Å²) < 4.78 is 0. The van der Waals surface area contributed by atoms with Crippen LogP contribution in [0.3, 0.4) is 0 Å². The van der Waals surface area contributed by atoms with Crippen molar-refractivity contribution < 1.29 is 4.79 Å². The number of benzene rings is 1. The SMILES string of the molecule is CCN(CC#N)C(=O)Nc1ccc(C)cc1. The first-order chi connectivity index (χ1) is 7.67. The van der Waals surface area contributed by atoms with Gasteiger partial charge in [0.2, 0.25) is 0 Å². The van der Waals surface area contributed by atoms with Crippen LogP contribution in [0.1, 0.15) is 12.5 Å². The average Bonchev–Trinajstić information content (AvgIpc) is 2.29. The molecule has 1 N–H and O–H groups in total. The number of urea groups is 1. The summed E-state index contributed by atoms with van der Waals surface area (Å²) in [7, 11) is 0. The third kappa shape index (κ3) is 3.28. The second-order valence-electron chi connectivity index (χ2n) is 3.47. The molecule has 1 aromatic carbocycles. The number of amides is 2. The molecule has 0 radical (unpaired) electrons. The van der Waals surface area contributed by atoms with Crippen LogP contribution in [0, 0.1) is 18.3 Å². The van der Waals surface area contributed by atoms with Gasteiger partial charge in [0.15, 0.2) is 0 Å². The van der Waals surface area contributed by atoms with Crippen molar-refractivity contribution >= 4 is 11.7 Å². The first-order valence-electron chi connectivity index (χ1n) is 5.17. The number of nitrogens with zero attached hydrogens (tertiary/aromatic N) is 2. The minimum absolute atomic E-state index is 0.105. The topological polar surface area (TPSA) is 56.1 Å². The lowest BCUT2D eigenvalue weighted by Crippen LogP contribution is -2.34. The predicted molar refractivity (Wildman–Crippen MR) is 63.1 cm³/mol. The highest BCUT2D eigenvalue weighted by molar-refractivity contribution is 5.89. The Morgan fingerprint density at radius 2 is 2.06 bits per heavy atom. The predicted octanol–water partition coefficient (Wildman–Crippen LogP) is 2.37. The lowest BCUT2D eigenvalue weighted by molar-refractivity contribution is 0.220. The molecule has 16 heavy (non-hydrogen) atoms. The number of nitriles is 1. The van der Waals surface area contributed by atoms with Crippen molar-refractivity contribution in [3.05, 3.63) is 29.8 Å². The van der Waals surface area contributed by atoms with Crippen molar-refractivity contribution in [1.82, 2.24) is 4.90 Å². The molecule has 4 heteroatoms. The van der Waals surface area contributed by atoms with Crippen LogP contribution in [-0.4, -0.2) is 24.0 Å². The second-order valence-corrected chi connectivity index (χ2v) is 3.47. The number of aryl methyl sites for hydroxylation is 1. The minimum atomic E-state index is -0.243. The number of carbonyl (C=O) groups excluding carboxylic acids is 1. The Morgan fingerprint density at radius 3 is 2.56 bits per heavy atom. The highest BCUT2D eigenvalue weighted by atomic mass is 16.2. The Kier molecular flexibility index (Phi) is 4.34. The molecule has 0 heterocycles. The number of hydrogen-bond acceptors (Lipinski definition) is 2. The third-order valence-corrected chi connectivity index (χ3v) is 2.23. The van der Waals surface area contributed by atoms with Crippen LogP contribution < -0.4 is 5.32 Å². The molecule has 0 atom stereocenters. The fourth-order valence-electron chi connectivity index (χ4n) is 1.25.